The van der Waals surface area contributed by atoms with Gasteiger partial charge in [0.05, 0.1) is 12.7 Å². The molecule has 1 saturated heterocycles. The lowest BCUT2D eigenvalue weighted by Gasteiger charge is -2.35. The molecule has 1 N–H and O–H groups in total. The third-order valence-electron chi connectivity index (χ3n) is 3.58. The molecular formula is C14H25N3O. The number of nitrogens with one attached hydrogen (secondary N) is 1. The zero-order valence-electron chi connectivity index (χ0n) is 11.7. The van der Waals surface area contributed by atoms with Gasteiger partial charge in [-0.2, -0.15) is 0 Å². The summed E-state index contributed by atoms with van der Waals surface area (Å²) in [4.78, 5) is 2.50. The molecule has 0 bridgehead atoms. The Morgan fingerprint density at radius 1 is 1.50 bits per heavy atom. The van der Waals surface area contributed by atoms with E-state index in [1.807, 2.05) is 7.05 Å². The summed E-state index contributed by atoms with van der Waals surface area (Å²) >= 11 is 0. The van der Waals surface area contributed by atoms with Gasteiger partial charge in [-0.05, 0) is 33.0 Å². The first-order valence-corrected chi connectivity index (χ1v) is 6.85. The Hall–Kier alpha value is -0.840. The molecule has 0 aliphatic carbocycles. The van der Waals surface area contributed by atoms with Crippen molar-refractivity contribution in [1.82, 2.24) is 14.8 Å². The van der Waals surface area contributed by atoms with Crippen molar-refractivity contribution in [2.24, 2.45) is 0 Å². The van der Waals surface area contributed by atoms with E-state index in [1.54, 1.807) is 0 Å². The SMILES string of the molecule is CNCc1cccn1CC1CN(C(C)C)CCO1. The molecule has 1 aromatic rings. The van der Waals surface area contributed by atoms with Crippen molar-refractivity contribution in [3.05, 3.63) is 24.0 Å². The number of ether oxygens (including phenoxy) is 1. The maximum atomic E-state index is 5.88. The fraction of sp³-hybridized carbons (Fsp3) is 0.714. The second-order valence-corrected chi connectivity index (χ2v) is 5.26. The van der Waals surface area contributed by atoms with Crippen LogP contribution < -0.4 is 5.32 Å². The van der Waals surface area contributed by atoms with E-state index in [9.17, 15) is 0 Å². The molecule has 0 radical (unpaired) electrons. The Morgan fingerprint density at radius 3 is 3.06 bits per heavy atom. The molecule has 1 atom stereocenters. The second kappa shape index (κ2) is 6.36. The molecule has 4 nitrogen and oxygen atoms in total. The van der Waals surface area contributed by atoms with Crippen molar-refractivity contribution in [2.45, 2.75) is 39.1 Å². The lowest BCUT2D eigenvalue weighted by Crippen LogP contribution is -2.47. The topological polar surface area (TPSA) is 29.4 Å². The van der Waals surface area contributed by atoms with E-state index in [4.69, 9.17) is 4.74 Å². The van der Waals surface area contributed by atoms with Gasteiger partial charge >= 0.3 is 0 Å². The Kier molecular flexibility index (Phi) is 4.80. The molecule has 4 heteroatoms. The van der Waals surface area contributed by atoms with Crippen LogP contribution in [0.2, 0.25) is 0 Å². The molecule has 1 aliphatic heterocycles. The zero-order valence-corrected chi connectivity index (χ0v) is 11.7. The molecule has 1 aromatic heterocycles. The minimum absolute atomic E-state index is 0.309. The number of aromatic nitrogens is 1. The van der Waals surface area contributed by atoms with Gasteiger partial charge in [0.1, 0.15) is 0 Å². The lowest BCUT2D eigenvalue weighted by atomic mass is 10.2. The molecule has 1 aliphatic rings. The molecule has 1 unspecified atom stereocenters. The van der Waals surface area contributed by atoms with Gasteiger partial charge in [-0.15, -0.1) is 0 Å². The van der Waals surface area contributed by atoms with Crippen molar-refractivity contribution in [3.8, 4) is 0 Å². The van der Waals surface area contributed by atoms with Crippen molar-refractivity contribution in [1.29, 1.82) is 0 Å². The predicted molar refractivity (Wildman–Crippen MR) is 73.6 cm³/mol. The van der Waals surface area contributed by atoms with Crippen LogP contribution in [0.15, 0.2) is 18.3 Å². The normalized spacial score (nSPS) is 21.7. The largest absolute Gasteiger partial charge is 0.374 e. The Balaban J connectivity index is 1.94. The zero-order chi connectivity index (χ0) is 13.0. The lowest BCUT2D eigenvalue weighted by molar-refractivity contribution is -0.0458. The molecule has 102 valence electrons. The first kappa shape index (κ1) is 13.6. The minimum Gasteiger partial charge on any atom is -0.374 e. The van der Waals surface area contributed by atoms with Gasteiger partial charge in [0.15, 0.2) is 0 Å². The quantitative estimate of drug-likeness (QED) is 0.856. The average Bonchev–Trinajstić information content (AvgIpc) is 2.77. The number of hydrogen-bond donors (Lipinski definition) is 1. The van der Waals surface area contributed by atoms with Crippen molar-refractivity contribution < 1.29 is 4.74 Å². The van der Waals surface area contributed by atoms with E-state index >= 15 is 0 Å². The van der Waals surface area contributed by atoms with Gasteiger partial charge in [0.2, 0.25) is 0 Å². The van der Waals surface area contributed by atoms with Crippen LogP contribution in [-0.4, -0.2) is 48.4 Å². The van der Waals surface area contributed by atoms with Crippen LogP contribution in [0.25, 0.3) is 0 Å². The third kappa shape index (κ3) is 3.34. The first-order valence-electron chi connectivity index (χ1n) is 6.85. The minimum atomic E-state index is 0.309. The van der Waals surface area contributed by atoms with E-state index < -0.39 is 0 Å². The van der Waals surface area contributed by atoms with E-state index in [2.05, 4.69) is 47.0 Å². The molecular weight excluding hydrogens is 226 g/mol. The van der Waals surface area contributed by atoms with Gasteiger partial charge in [0, 0.05) is 44.1 Å². The fourth-order valence-electron chi connectivity index (χ4n) is 2.51. The second-order valence-electron chi connectivity index (χ2n) is 5.26. The van der Waals surface area contributed by atoms with E-state index in [0.717, 1.165) is 32.8 Å². The maximum Gasteiger partial charge on any atom is 0.0881 e. The number of morpholine rings is 1. The Labute approximate surface area is 110 Å². The molecule has 0 aromatic carbocycles. The van der Waals surface area contributed by atoms with Crippen LogP contribution in [0.4, 0.5) is 0 Å². The summed E-state index contributed by atoms with van der Waals surface area (Å²) in [6, 6.07) is 4.88. The Bertz CT molecular complexity index is 362. The highest BCUT2D eigenvalue weighted by molar-refractivity contribution is 5.07. The van der Waals surface area contributed by atoms with Crippen LogP contribution in [0.1, 0.15) is 19.5 Å². The summed E-state index contributed by atoms with van der Waals surface area (Å²) in [5, 5.41) is 3.20. The highest BCUT2D eigenvalue weighted by atomic mass is 16.5. The smallest absolute Gasteiger partial charge is 0.0881 e. The summed E-state index contributed by atoms with van der Waals surface area (Å²) in [6.45, 7) is 9.32. The average molecular weight is 251 g/mol. The molecule has 2 heterocycles. The van der Waals surface area contributed by atoms with Gasteiger partial charge in [-0.25, -0.2) is 0 Å². The number of rotatable bonds is 5. The van der Waals surface area contributed by atoms with Crippen LogP contribution in [-0.2, 0) is 17.8 Å². The van der Waals surface area contributed by atoms with E-state index in [-0.39, 0.29) is 0 Å². The van der Waals surface area contributed by atoms with Crippen LogP contribution in [0.5, 0.6) is 0 Å². The van der Waals surface area contributed by atoms with Gasteiger partial charge < -0.3 is 14.6 Å². The molecule has 0 spiro atoms. The van der Waals surface area contributed by atoms with Crippen molar-refractivity contribution in [2.75, 3.05) is 26.7 Å². The van der Waals surface area contributed by atoms with Crippen LogP contribution >= 0.6 is 0 Å². The van der Waals surface area contributed by atoms with Gasteiger partial charge in [-0.3, -0.25) is 4.90 Å². The Morgan fingerprint density at radius 2 is 2.33 bits per heavy atom. The predicted octanol–water partition coefficient (Wildman–Crippen LogP) is 1.32. The van der Waals surface area contributed by atoms with Crippen LogP contribution in [0.3, 0.4) is 0 Å². The highest BCUT2D eigenvalue weighted by Crippen LogP contribution is 2.12. The summed E-state index contributed by atoms with van der Waals surface area (Å²) in [7, 11) is 1.98. The summed E-state index contributed by atoms with van der Waals surface area (Å²) in [5.74, 6) is 0. The van der Waals surface area contributed by atoms with Gasteiger partial charge in [0.25, 0.3) is 0 Å². The molecule has 1 fully saturated rings. The van der Waals surface area contributed by atoms with Crippen molar-refractivity contribution >= 4 is 0 Å². The van der Waals surface area contributed by atoms with E-state index in [1.165, 1.54) is 5.69 Å². The van der Waals surface area contributed by atoms with E-state index in [0.29, 0.717) is 12.1 Å². The third-order valence-corrected chi connectivity index (χ3v) is 3.58. The highest BCUT2D eigenvalue weighted by Gasteiger charge is 2.22. The van der Waals surface area contributed by atoms with Crippen molar-refractivity contribution in [3.63, 3.8) is 0 Å². The summed E-state index contributed by atoms with van der Waals surface area (Å²) in [5.41, 5.74) is 1.32. The molecule has 18 heavy (non-hydrogen) atoms. The standard InChI is InChI=1S/C14H25N3O/c1-12(2)16-7-8-18-14(10-16)11-17-6-4-5-13(17)9-15-3/h4-6,12,14-15H,7-11H2,1-3H3. The summed E-state index contributed by atoms with van der Waals surface area (Å²) < 4.78 is 8.18. The number of nitrogens with zero attached hydrogens (tertiary/aromatic N) is 2. The molecule has 2 rings (SSSR count). The monoisotopic (exact) mass is 251 g/mol. The summed E-state index contributed by atoms with van der Waals surface area (Å²) in [6.07, 6.45) is 2.45. The maximum absolute atomic E-state index is 5.88. The fourth-order valence-corrected chi connectivity index (χ4v) is 2.51. The molecule has 0 saturated carbocycles. The molecule has 0 amide bonds. The number of hydrogen-bond acceptors (Lipinski definition) is 3. The van der Waals surface area contributed by atoms with Gasteiger partial charge in [-0.1, -0.05) is 0 Å². The van der Waals surface area contributed by atoms with Crippen LogP contribution in [0, 0.1) is 0 Å². The first-order chi connectivity index (χ1) is 8.70.